The number of amides is 3. The lowest BCUT2D eigenvalue weighted by Gasteiger charge is -2.34. The lowest BCUT2D eigenvalue weighted by Crippen LogP contribution is -2.49. The summed E-state index contributed by atoms with van der Waals surface area (Å²) in [6.45, 7) is 3.85. The molecule has 140 valence electrons. The summed E-state index contributed by atoms with van der Waals surface area (Å²) in [5.74, 6) is -1.06. The lowest BCUT2D eigenvalue weighted by atomic mass is 9.91. The fraction of sp³-hybridized carbons (Fsp3) is 0.526. The number of nitrogens with one attached hydrogen (secondary N) is 1. The van der Waals surface area contributed by atoms with Crippen molar-refractivity contribution in [2.45, 2.75) is 32.7 Å². The van der Waals surface area contributed by atoms with Gasteiger partial charge >= 0.3 is 12.0 Å². The van der Waals surface area contributed by atoms with E-state index in [1.165, 1.54) is 0 Å². The van der Waals surface area contributed by atoms with E-state index in [0.717, 1.165) is 24.2 Å². The first-order valence-electron chi connectivity index (χ1n) is 9.09. The molecule has 2 aliphatic heterocycles. The molecule has 26 heavy (non-hydrogen) atoms. The molecule has 1 aromatic carbocycles. The number of carbonyl (C=O) groups is 3. The summed E-state index contributed by atoms with van der Waals surface area (Å²) >= 11 is 0. The third-order valence-electron chi connectivity index (χ3n) is 5.04. The van der Waals surface area contributed by atoms with Crippen LogP contribution in [0.15, 0.2) is 24.3 Å². The number of rotatable bonds is 4. The van der Waals surface area contributed by atoms with Gasteiger partial charge in [0.05, 0.1) is 5.92 Å². The molecule has 0 radical (unpaired) electrons. The number of hydrogen-bond acceptors (Lipinski definition) is 3. The topological polar surface area (TPSA) is 89.9 Å². The molecule has 2 unspecified atom stereocenters. The van der Waals surface area contributed by atoms with Crippen LogP contribution in [-0.4, -0.2) is 47.5 Å². The average Bonchev–Trinajstić information content (AvgIpc) is 3.05. The first kappa shape index (κ1) is 18.2. The van der Waals surface area contributed by atoms with E-state index in [-0.39, 0.29) is 24.4 Å². The predicted octanol–water partition coefficient (Wildman–Crippen LogP) is 2.07. The molecule has 2 atom stereocenters. The van der Waals surface area contributed by atoms with Gasteiger partial charge in [-0.15, -0.1) is 0 Å². The number of carboxylic acid groups (broad SMARTS) is 1. The fourth-order valence-electron chi connectivity index (χ4n) is 3.74. The third kappa shape index (κ3) is 4.15. The molecule has 0 aromatic heterocycles. The highest BCUT2D eigenvalue weighted by Crippen LogP contribution is 2.23. The molecule has 7 heteroatoms. The van der Waals surface area contributed by atoms with Gasteiger partial charge in [-0.05, 0) is 36.5 Å². The van der Waals surface area contributed by atoms with Crippen LogP contribution in [0, 0.1) is 11.8 Å². The second-order valence-corrected chi connectivity index (χ2v) is 7.26. The summed E-state index contributed by atoms with van der Waals surface area (Å²) < 4.78 is 0. The molecule has 3 rings (SSSR count). The largest absolute Gasteiger partial charge is 0.481 e. The number of anilines is 1. The summed E-state index contributed by atoms with van der Waals surface area (Å²) in [6, 6.07) is 7.36. The Morgan fingerprint density at radius 2 is 2.12 bits per heavy atom. The maximum absolute atomic E-state index is 12.4. The molecule has 2 saturated heterocycles. The molecule has 7 nitrogen and oxygen atoms in total. The zero-order valence-electron chi connectivity index (χ0n) is 15.0. The number of nitrogens with zero attached hydrogens (tertiary/aromatic N) is 2. The van der Waals surface area contributed by atoms with Crippen LogP contribution < -0.4 is 10.2 Å². The summed E-state index contributed by atoms with van der Waals surface area (Å²) in [6.07, 6.45) is 2.06. The number of piperidine rings is 1. The van der Waals surface area contributed by atoms with E-state index in [1.807, 2.05) is 31.2 Å². The van der Waals surface area contributed by atoms with Gasteiger partial charge in [0, 0.05) is 38.3 Å². The van der Waals surface area contributed by atoms with Crippen molar-refractivity contribution in [3.63, 3.8) is 0 Å². The first-order chi connectivity index (χ1) is 12.4. The Hall–Kier alpha value is -2.57. The Labute approximate surface area is 153 Å². The summed E-state index contributed by atoms with van der Waals surface area (Å²) in [4.78, 5) is 38.9. The lowest BCUT2D eigenvalue weighted by molar-refractivity contribution is -0.143. The third-order valence-corrected chi connectivity index (χ3v) is 5.04. The second kappa shape index (κ2) is 7.76. The molecule has 2 aliphatic rings. The minimum Gasteiger partial charge on any atom is -0.481 e. The van der Waals surface area contributed by atoms with Gasteiger partial charge in [-0.1, -0.05) is 19.1 Å². The number of benzene rings is 1. The van der Waals surface area contributed by atoms with Crippen molar-refractivity contribution in [2.24, 2.45) is 11.8 Å². The first-order valence-corrected chi connectivity index (χ1v) is 9.09. The zero-order valence-corrected chi connectivity index (χ0v) is 15.0. The number of carboxylic acids is 1. The van der Waals surface area contributed by atoms with Crippen LogP contribution in [-0.2, 0) is 16.1 Å². The van der Waals surface area contributed by atoms with Gasteiger partial charge in [-0.2, -0.15) is 0 Å². The maximum Gasteiger partial charge on any atom is 0.317 e. The number of carbonyl (C=O) groups excluding carboxylic acids is 2. The molecule has 2 N–H and O–H groups in total. The molecule has 3 amide bonds. The van der Waals surface area contributed by atoms with Gasteiger partial charge < -0.3 is 20.2 Å². The van der Waals surface area contributed by atoms with Gasteiger partial charge in [0.2, 0.25) is 5.91 Å². The van der Waals surface area contributed by atoms with Crippen LogP contribution in [0.2, 0.25) is 0 Å². The van der Waals surface area contributed by atoms with Gasteiger partial charge in [0.25, 0.3) is 0 Å². The van der Waals surface area contributed by atoms with Crippen molar-refractivity contribution in [3.05, 3.63) is 29.8 Å². The second-order valence-electron chi connectivity index (χ2n) is 7.26. The van der Waals surface area contributed by atoms with Gasteiger partial charge in [0.15, 0.2) is 0 Å². The zero-order chi connectivity index (χ0) is 18.7. The van der Waals surface area contributed by atoms with E-state index in [0.29, 0.717) is 25.9 Å². The molecule has 0 saturated carbocycles. The number of aliphatic carboxylic acids is 1. The van der Waals surface area contributed by atoms with Crippen LogP contribution in [0.25, 0.3) is 0 Å². The van der Waals surface area contributed by atoms with Crippen LogP contribution >= 0.6 is 0 Å². The minimum atomic E-state index is -0.850. The molecule has 1 aromatic rings. The van der Waals surface area contributed by atoms with Crippen molar-refractivity contribution < 1.29 is 19.5 Å². The van der Waals surface area contributed by atoms with Crippen molar-refractivity contribution in [1.29, 1.82) is 0 Å². The normalized spacial score (nSPS) is 23.2. The number of hydrogen-bond donors (Lipinski definition) is 2. The highest BCUT2D eigenvalue weighted by molar-refractivity contribution is 5.95. The Balaban J connectivity index is 1.59. The Morgan fingerprint density at radius 1 is 1.31 bits per heavy atom. The molecular formula is C19H25N3O4. The van der Waals surface area contributed by atoms with E-state index in [2.05, 4.69) is 5.32 Å². The smallest absolute Gasteiger partial charge is 0.317 e. The van der Waals surface area contributed by atoms with Gasteiger partial charge in [-0.25, -0.2) is 4.79 Å². The molecule has 0 spiro atoms. The van der Waals surface area contributed by atoms with E-state index >= 15 is 0 Å². The maximum atomic E-state index is 12.4. The van der Waals surface area contributed by atoms with Gasteiger partial charge in [-0.3, -0.25) is 9.59 Å². The van der Waals surface area contributed by atoms with Crippen molar-refractivity contribution >= 4 is 23.6 Å². The van der Waals surface area contributed by atoms with E-state index in [4.69, 9.17) is 0 Å². The average molecular weight is 359 g/mol. The van der Waals surface area contributed by atoms with E-state index in [1.54, 1.807) is 9.80 Å². The quantitative estimate of drug-likeness (QED) is 0.861. The van der Waals surface area contributed by atoms with Crippen LogP contribution in [0.1, 0.15) is 31.7 Å². The molecule has 0 aliphatic carbocycles. The van der Waals surface area contributed by atoms with E-state index < -0.39 is 11.9 Å². The Kier molecular flexibility index (Phi) is 5.44. The monoisotopic (exact) mass is 359 g/mol. The molecule has 2 heterocycles. The minimum absolute atomic E-state index is 0.133. The van der Waals surface area contributed by atoms with Crippen LogP contribution in [0.3, 0.4) is 0 Å². The van der Waals surface area contributed by atoms with Crippen molar-refractivity contribution in [2.75, 3.05) is 24.5 Å². The summed E-state index contributed by atoms with van der Waals surface area (Å²) in [5.41, 5.74) is 1.77. The SMILES string of the molecule is CC1CC(C(=O)O)CN(C(=O)NCc2cccc(N3CCCC3=O)c2)C1. The van der Waals surface area contributed by atoms with Crippen LogP contribution in [0.5, 0.6) is 0 Å². The van der Waals surface area contributed by atoms with Crippen LogP contribution in [0.4, 0.5) is 10.5 Å². The Morgan fingerprint density at radius 3 is 2.81 bits per heavy atom. The molecular weight excluding hydrogens is 334 g/mol. The highest BCUT2D eigenvalue weighted by atomic mass is 16.4. The molecule has 2 fully saturated rings. The molecule has 0 bridgehead atoms. The number of likely N-dealkylation sites (tertiary alicyclic amines) is 1. The predicted molar refractivity (Wildman–Crippen MR) is 96.7 cm³/mol. The van der Waals surface area contributed by atoms with Crippen molar-refractivity contribution in [3.8, 4) is 0 Å². The van der Waals surface area contributed by atoms with E-state index in [9.17, 15) is 19.5 Å². The van der Waals surface area contributed by atoms with Crippen molar-refractivity contribution in [1.82, 2.24) is 10.2 Å². The standard InChI is InChI=1S/C19H25N3O4/c1-13-8-15(18(24)25)12-21(11-13)19(26)20-10-14-4-2-5-16(9-14)22-7-3-6-17(22)23/h2,4-5,9,13,15H,3,6-8,10-12H2,1H3,(H,20,26)(H,24,25). The highest BCUT2D eigenvalue weighted by Gasteiger charge is 2.31. The summed E-state index contributed by atoms with van der Waals surface area (Å²) in [7, 11) is 0. The summed E-state index contributed by atoms with van der Waals surface area (Å²) in [5, 5.41) is 12.1. The fourth-order valence-corrected chi connectivity index (χ4v) is 3.74. The Bertz CT molecular complexity index is 706. The van der Waals surface area contributed by atoms with Gasteiger partial charge in [0.1, 0.15) is 0 Å². The number of urea groups is 1.